The van der Waals surface area contributed by atoms with Crippen LogP contribution >= 0.6 is 0 Å². The van der Waals surface area contributed by atoms with Crippen molar-refractivity contribution in [2.75, 3.05) is 5.32 Å². The van der Waals surface area contributed by atoms with E-state index < -0.39 is 11.7 Å². The molecule has 0 aliphatic carbocycles. The van der Waals surface area contributed by atoms with Gasteiger partial charge in [0.2, 0.25) is 0 Å². The van der Waals surface area contributed by atoms with Gasteiger partial charge in [0.15, 0.2) is 0 Å². The summed E-state index contributed by atoms with van der Waals surface area (Å²) in [6.45, 7) is 4.05. The molecule has 17 heavy (non-hydrogen) atoms. The maximum atomic E-state index is 12.5. The number of aromatic nitrogens is 1. The minimum absolute atomic E-state index is 0.177. The second-order valence-corrected chi connectivity index (χ2v) is 3.97. The number of alkyl halides is 3. The fourth-order valence-electron chi connectivity index (χ4n) is 1.62. The summed E-state index contributed by atoms with van der Waals surface area (Å²) in [5.74, 6) is 0.292. The SMILES string of the molecule is CCCC(CC)Nc1cc(C(F)(F)F)ccn1. The van der Waals surface area contributed by atoms with Gasteiger partial charge in [-0.2, -0.15) is 13.2 Å². The predicted octanol–water partition coefficient (Wildman–Crippen LogP) is 4.09. The third-order valence-electron chi connectivity index (χ3n) is 2.57. The summed E-state index contributed by atoms with van der Waals surface area (Å²) in [5.41, 5.74) is -0.665. The Labute approximate surface area is 99.3 Å². The van der Waals surface area contributed by atoms with E-state index in [2.05, 4.69) is 10.3 Å². The van der Waals surface area contributed by atoms with Gasteiger partial charge < -0.3 is 5.32 Å². The molecule has 1 rings (SSSR count). The van der Waals surface area contributed by atoms with Crippen molar-refractivity contribution in [1.82, 2.24) is 4.98 Å². The molecule has 0 bridgehead atoms. The highest BCUT2D eigenvalue weighted by Gasteiger charge is 2.30. The first-order valence-corrected chi connectivity index (χ1v) is 5.77. The summed E-state index contributed by atoms with van der Waals surface area (Å²) >= 11 is 0. The summed E-state index contributed by atoms with van der Waals surface area (Å²) in [6.07, 6.45) is -0.347. The molecule has 0 saturated heterocycles. The standard InChI is InChI=1S/C12H17F3N2/c1-3-5-10(4-2)17-11-8-9(6-7-16-11)12(13,14)15/h6-8,10H,3-5H2,1-2H3,(H,16,17). The Morgan fingerprint density at radius 2 is 2.06 bits per heavy atom. The number of nitrogens with zero attached hydrogens (tertiary/aromatic N) is 1. The van der Waals surface area contributed by atoms with Crippen molar-refractivity contribution in [1.29, 1.82) is 0 Å². The number of hydrogen-bond acceptors (Lipinski definition) is 2. The molecule has 0 fully saturated rings. The Morgan fingerprint density at radius 1 is 1.35 bits per heavy atom. The number of anilines is 1. The van der Waals surface area contributed by atoms with E-state index in [0.717, 1.165) is 31.4 Å². The molecule has 0 saturated carbocycles. The number of halogens is 3. The lowest BCUT2D eigenvalue weighted by atomic mass is 10.1. The molecule has 96 valence electrons. The summed E-state index contributed by atoms with van der Waals surface area (Å²) in [5, 5.41) is 3.03. The summed E-state index contributed by atoms with van der Waals surface area (Å²) < 4.78 is 37.4. The number of pyridine rings is 1. The quantitative estimate of drug-likeness (QED) is 0.846. The van der Waals surface area contributed by atoms with Gasteiger partial charge in [0.1, 0.15) is 5.82 Å². The largest absolute Gasteiger partial charge is 0.416 e. The second kappa shape index (κ2) is 5.89. The van der Waals surface area contributed by atoms with Crippen LogP contribution in [0.25, 0.3) is 0 Å². The van der Waals surface area contributed by atoms with E-state index >= 15 is 0 Å². The van der Waals surface area contributed by atoms with Gasteiger partial charge in [-0.1, -0.05) is 20.3 Å². The molecule has 0 aromatic carbocycles. The molecule has 0 radical (unpaired) electrons. The van der Waals surface area contributed by atoms with Crippen molar-refractivity contribution >= 4 is 5.82 Å². The smallest absolute Gasteiger partial charge is 0.367 e. The normalized spacial score (nSPS) is 13.5. The maximum Gasteiger partial charge on any atom is 0.416 e. The van der Waals surface area contributed by atoms with Crippen LogP contribution in [0.2, 0.25) is 0 Å². The molecule has 2 nitrogen and oxygen atoms in total. The number of nitrogens with one attached hydrogen (secondary N) is 1. The van der Waals surface area contributed by atoms with Crippen molar-refractivity contribution in [2.24, 2.45) is 0 Å². The van der Waals surface area contributed by atoms with E-state index in [1.165, 1.54) is 6.20 Å². The van der Waals surface area contributed by atoms with Crippen LogP contribution in [0.4, 0.5) is 19.0 Å². The monoisotopic (exact) mass is 246 g/mol. The lowest BCUT2D eigenvalue weighted by Gasteiger charge is -2.17. The molecule has 0 aliphatic rings. The molecular formula is C12H17F3N2. The molecule has 0 aliphatic heterocycles. The summed E-state index contributed by atoms with van der Waals surface area (Å²) in [4.78, 5) is 3.91. The van der Waals surface area contributed by atoms with Crippen molar-refractivity contribution in [3.8, 4) is 0 Å². The van der Waals surface area contributed by atoms with Crippen molar-refractivity contribution in [3.05, 3.63) is 23.9 Å². The Hall–Kier alpha value is -1.26. The predicted molar refractivity (Wildman–Crippen MR) is 61.8 cm³/mol. The van der Waals surface area contributed by atoms with Crippen LogP contribution in [0.3, 0.4) is 0 Å². The Kier molecular flexibility index (Phi) is 4.78. The molecular weight excluding hydrogens is 229 g/mol. The molecule has 5 heteroatoms. The highest BCUT2D eigenvalue weighted by Crippen LogP contribution is 2.30. The van der Waals surface area contributed by atoms with Crippen molar-refractivity contribution in [3.63, 3.8) is 0 Å². The number of rotatable bonds is 5. The fourth-order valence-corrected chi connectivity index (χ4v) is 1.62. The van der Waals surface area contributed by atoms with Crippen LogP contribution in [0.15, 0.2) is 18.3 Å². The van der Waals surface area contributed by atoms with Gasteiger partial charge in [-0.05, 0) is 25.0 Å². The van der Waals surface area contributed by atoms with Gasteiger partial charge in [0.25, 0.3) is 0 Å². The molecule has 1 heterocycles. The maximum absolute atomic E-state index is 12.5. The lowest BCUT2D eigenvalue weighted by Crippen LogP contribution is -2.19. The van der Waals surface area contributed by atoms with Crippen LogP contribution < -0.4 is 5.32 Å². The zero-order valence-electron chi connectivity index (χ0n) is 10.0. The van der Waals surface area contributed by atoms with Gasteiger partial charge in [0.05, 0.1) is 5.56 Å². The average molecular weight is 246 g/mol. The van der Waals surface area contributed by atoms with E-state index in [1.54, 1.807) is 0 Å². The van der Waals surface area contributed by atoms with Gasteiger partial charge in [-0.25, -0.2) is 4.98 Å². The van der Waals surface area contributed by atoms with Gasteiger partial charge in [0, 0.05) is 12.2 Å². The molecule has 0 spiro atoms. The van der Waals surface area contributed by atoms with Crippen molar-refractivity contribution in [2.45, 2.75) is 45.3 Å². The second-order valence-electron chi connectivity index (χ2n) is 3.97. The van der Waals surface area contributed by atoms with Gasteiger partial charge in [-0.15, -0.1) is 0 Å². The highest BCUT2D eigenvalue weighted by molar-refractivity contribution is 5.39. The average Bonchev–Trinajstić information content (AvgIpc) is 2.28. The minimum atomic E-state index is -4.31. The fraction of sp³-hybridized carbons (Fsp3) is 0.583. The van der Waals surface area contributed by atoms with E-state index in [0.29, 0.717) is 5.82 Å². The molecule has 0 amide bonds. The Bertz CT molecular complexity index is 350. The topological polar surface area (TPSA) is 24.9 Å². The summed E-state index contributed by atoms with van der Waals surface area (Å²) in [6, 6.07) is 2.21. The minimum Gasteiger partial charge on any atom is -0.367 e. The van der Waals surface area contributed by atoms with E-state index in [-0.39, 0.29) is 6.04 Å². The van der Waals surface area contributed by atoms with E-state index in [4.69, 9.17) is 0 Å². The van der Waals surface area contributed by atoms with E-state index in [9.17, 15) is 13.2 Å². The van der Waals surface area contributed by atoms with Crippen molar-refractivity contribution < 1.29 is 13.2 Å². The third kappa shape index (κ3) is 4.24. The molecule has 1 aromatic heterocycles. The summed E-state index contributed by atoms with van der Waals surface area (Å²) in [7, 11) is 0. The van der Waals surface area contributed by atoms with Crippen LogP contribution in [0, 0.1) is 0 Å². The van der Waals surface area contributed by atoms with Crippen LogP contribution in [0.1, 0.15) is 38.7 Å². The molecule has 1 aromatic rings. The van der Waals surface area contributed by atoms with Crippen LogP contribution in [0.5, 0.6) is 0 Å². The van der Waals surface area contributed by atoms with Gasteiger partial charge >= 0.3 is 6.18 Å². The first-order valence-electron chi connectivity index (χ1n) is 5.77. The van der Waals surface area contributed by atoms with Crippen LogP contribution in [-0.2, 0) is 6.18 Å². The third-order valence-corrected chi connectivity index (χ3v) is 2.57. The Balaban J connectivity index is 2.78. The zero-order chi connectivity index (χ0) is 12.9. The Morgan fingerprint density at radius 3 is 2.59 bits per heavy atom. The zero-order valence-corrected chi connectivity index (χ0v) is 10.0. The highest BCUT2D eigenvalue weighted by atomic mass is 19.4. The first-order chi connectivity index (χ1) is 7.97. The molecule has 1 unspecified atom stereocenters. The number of hydrogen-bond donors (Lipinski definition) is 1. The van der Waals surface area contributed by atoms with Crippen LogP contribution in [-0.4, -0.2) is 11.0 Å². The first kappa shape index (κ1) is 13.8. The van der Waals surface area contributed by atoms with Gasteiger partial charge in [-0.3, -0.25) is 0 Å². The molecule has 1 atom stereocenters. The van der Waals surface area contributed by atoms with E-state index in [1.807, 2.05) is 13.8 Å². The molecule has 1 N–H and O–H groups in total. The lowest BCUT2D eigenvalue weighted by molar-refractivity contribution is -0.137.